The maximum atomic E-state index is 11.7. The average Bonchev–Trinajstić information content (AvgIpc) is 3.05. The summed E-state index contributed by atoms with van der Waals surface area (Å²) in [6.07, 6.45) is 7.33. The van der Waals surface area contributed by atoms with Crippen molar-refractivity contribution in [2.75, 3.05) is 0 Å². The Kier molecular flexibility index (Phi) is 2.09. The summed E-state index contributed by atoms with van der Waals surface area (Å²) >= 11 is 0. The van der Waals surface area contributed by atoms with Gasteiger partial charge in [-0.3, -0.25) is 24.5 Å². The fourth-order valence-electron chi connectivity index (χ4n) is 1.70. The molecule has 1 fully saturated rings. The lowest BCUT2D eigenvalue weighted by molar-refractivity contribution is 0.549. The molecule has 0 aliphatic heterocycles. The van der Waals surface area contributed by atoms with E-state index in [9.17, 15) is 4.79 Å². The first kappa shape index (κ1) is 9.33. The molecule has 16 heavy (non-hydrogen) atoms. The van der Waals surface area contributed by atoms with E-state index >= 15 is 0 Å². The fraction of sp³-hybridized carbons (Fsp3) is 0.364. The molecule has 0 saturated heterocycles. The Bertz CT molecular complexity index is 539. The molecule has 82 valence electrons. The van der Waals surface area contributed by atoms with E-state index in [1.54, 1.807) is 29.3 Å². The van der Waals surface area contributed by atoms with Crippen LogP contribution < -0.4 is 5.56 Å². The molecule has 2 aromatic heterocycles. The van der Waals surface area contributed by atoms with Crippen LogP contribution in [0.4, 0.5) is 0 Å². The van der Waals surface area contributed by atoms with Crippen molar-refractivity contribution in [3.05, 3.63) is 35.0 Å². The lowest BCUT2D eigenvalue weighted by Gasteiger charge is -1.99. The summed E-state index contributed by atoms with van der Waals surface area (Å²) in [5.41, 5.74) is 1.44. The van der Waals surface area contributed by atoms with Gasteiger partial charge in [-0.1, -0.05) is 0 Å². The highest BCUT2D eigenvalue weighted by Crippen LogP contribution is 2.30. The lowest BCUT2D eigenvalue weighted by Crippen LogP contribution is -2.16. The van der Waals surface area contributed by atoms with Crippen LogP contribution in [-0.4, -0.2) is 19.7 Å². The first-order valence-electron chi connectivity index (χ1n) is 5.39. The topological polar surface area (TPSA) is 63.6 Å². The minimum Gasteiger partial charge on any atom is -0.293 e. The zero-order valence-electron chi connectivity index (χ0n) is 8.76. The predicted molar refractivity (Wildman–Crippen MR) is 58.8 cm³/mol. The first-order valence-corrected chi connectivity index (χ1v) is 5.39. The molecular weight excluding hydrogens is 204 g/mol. The molecule has 5 nitrogen and oxygen atoms in total. The Hall–Kier alpha value is -1.91. The maximum Gasteiger partial charge on any atom is 0.267 e. The van der Waals surface area contributed by atoms with Gasteiger partial charge in [-0.05, 0) is 18.8 Å². The minimum absolute atomic E-state index is 0.00699. The zero-order chi connectivity index (χ0) is 11.0. The molecule has 0 radical (unpaired) electrons. The monoisotopic (exact) mass is 216 g/mol. The summed E-state index contributed by atoms with van der Waals surface area (Å²) in [5.74, 6) is 0.672. The van der Waals surface area contributed by atoms with Crippen LogP contribution in [0.5, 0.6) is 0 Å². The van der Waals surface area contributed by atoms with E-state index in [0.29, 0.717) is 11.6 Å². The van der Waals surface area contributed by atoms with Gasteiger partial charge >= 0.3 is 0 Å². The van der Waals surface area contributed by atoms with Crippen LogP contribution in [0.2, 0.25) is 0 Å². The van der Waals surface area contributed by atoms with Crippen LogP contribution in [-0.2, 0) is 6.54 Å². The largest absolute Gasteiger partial charge is 0.293 e. The molecule has 3 rings (SSSR count). The van der Waals surface area contributed by atoms with E-state index in [1.807, 2.05) is 0 Å². The number of nitrogens with zero attached hydrogens (tertiary/aromatic N) is 3. The standard InChI is InChI=1S/C11H12N4O/c16-11-5-9(10-6-12-3-4-13-10)14-15(11)7-8-1-2-8/h3-6,8,14H,1-2,7H2. The van der Waals surface area contributed by atoms with Gasteiger partial charge in [-0.2, -0.15) is 0 Å². The number of aromatic nitrogens is 4. The van der Waals surface area contributed by atoms with Gasteiger partial charge in [0.2, 0.25) is 0 Å². The smallest absolute Gasteiger partial charge is 0.267 e. The van der Waals surface area contributed by atoms with Crippen LogP contribution in [0.25, 0.3) is 11.4 Å². The molecule has 1 aliphatic rings. The fourth-order valence-corrected chi connectivity index (χ4v) is 1.70. The zero-order valence-corrected chi connectivity index (χ0v) is 8.76. The molecule has 0 aromatic carbocycles. The molecule has 0 bridgehead atoms. The van der Waals surface area contributed by atoms with Crippen LogP contribution >= 0.6 is 0 Å². The summed E-state index contributed by atoms with van der Waals surface area (Å²) < 4.78 is 1.65. The first-order chi connectivity index (χ1) is 7.83. The van der Waals surface area contributed by atoms with Crippen LogP contribution in [0, 0.1) is 5.92 Å². The highest BCUT2D eigenvalue weighted by molar-refractivity contribution is 5.51. The van der Waals surface area contributed by atoms with E-state index in [4.69, 9.17) is 0 Å². The number of hydrogen-bond acceptors (Lipinski definition) is 3. The van der Waals surface area contributed by atoms with Gasteiger partial charge in [0.25, 0.3) is 5.56 Å². The van der Waals surface area contributed by atoms with Gasteiger partial charge in [0, 0.05) is 25.0 Å². The highest BCUT2D eigenvalue weighted by atomic mass is 16.1. The lowest BCUT2D eigenvalue weighted by atomic mass is 10.3. The van der Waals surface area contributed by atoms with Crippen molar-refractivity contribution >= 4 is 0 Å². The highest BCUT2D eigenvalue weighted by Gasteiger charge is 2.22. The molecule has 0 unspecified atom stereocenters. The molecule has 2 heterocycles. The third kappa shape index (κ3) is 1.76. The van der Waals surface area contributed by atoms with Crippen molar-refractivity contribution in [3.8, 4) is 11.4 Å². The van der Waals surface area contributed by atoms with Gasteiger partial charge in [0.15, 0.2) is 0 Å². The minimum atomic E-state index is 0.00699. The Morgan fingerprint density at radius 3 is 3.00 bits per heavy atom. The number of nitrogens with one attached hydrogen (secondary N) is 1. The molecule has 1 saturated carbocycles. The van der Waals surface area contributed by atoms with Crippen LogP contribution in [0.15, 0.2) is 29.5 Å². The number of aromatic amines is 1. The van der Waals surface area contributed by atoms with Crippen LogP contribution in [0.3, 0.4) is 0 Å². The van der Waals surface area contributed by atoms with E-state index < -0.39 is 0 Å². The molecule has 1 N–H and O–H groups in total. The van der Waals surface area contributed by atoms with Crippen molar-refractivity contribution in [1.82, 2.24) is 19.7 Å². The molecule has 2 aromatic rings. The van der Waals surface area contributed by atoms with Crippen molar-refractivity contribution in [2.45, 2.75) is 19.4 Å². The normalized spacial score (nSPS) is 15.2. The maximum absolute atomic E-state index is 11.7. The van der Waals surface area contributed by atoms with Crippen molar-refractivity contribution < 1.29 is 0 Å². The summed E-state index contributed by atoms with van der Waals surface area (Å²) in [5, 5.41) is 3.07. The third-order valence-electron chi connectivity index (χ3n) is 2.77. The van der Waals surface area contributed by atoms with Gasteiger partial charge in [-0.15, -0.1) is 0 Å². The second-order valence-corrected chi connectivity index (χ2v) is 4.15. The number of rotatable bonds is 3. The van der Waals surface area contributed by atoms with E-state index in [1.165, 1.54) is 12.8 Å². The third-order valence-corrected chi connectivity index (χ3v) is 2.77. The van der Waals surface area contributed by atoms with Crippen molar-refractivity contribution in [3.63, 3.8) is 0 Å². The molecule has 0 amide bonds. The Morgan fingerprint density at radius 2 is 2.31 bits per heavy atom. The molecule has 1 aliphatic carbocycles. The van der Waals surface area contributed by atoms with Gasteiger partial charge in [0.05, 0.1) is 11.9 Å². The number of H-pyrrole nitrogens is 1. The molecule has 5 heteroatoms. The Balaban J connectivity index is 1.94. The summed E-state index contributed by atoms with van der Waals surface area (Å²) in [6.45, 7) is 0.791. The Labute approximate surface area is 92.2 Å². The summed E-state index contributed by atoms with van der Waals surface area (Å²) in [6, 6.07) is 1.58. The van der Waals surface area contributed by atoms with Gasteiger partial charge in [-0.25, -0.2) is 0 Å². The quantitative estimate of drug-likeness (QED) is 0.833. The SMILES string of the molecule is O=c1cc(-c2cnccn2)[nH]n1CC1CC1. The number of hydrogen-bond donors (Lipinski definition) is 1. The second kappa shape index (κ2) is 3.59. The van der Waals surface area contributed by atoms with E-state index in [0.717, 1.165) is 12.2 Å². The molecular formula is C11H12N4O. The van der Waals surface area contributed by atoms with Crippen molar-refractivity contribution in [2.24, 2.45) is 5.92 Å². The molecule has 0 spiro atoms. The second-order valence-electron chi connectivity index (χ2n) is 4.15. The summed E-state index contributed by atoms with van der Waals surface area (Å²) in [4.78, 5) is 19.8. The van der Waals surface area contributed by atoms with E-state index in [-0.39, 0.29) is 5.56 Å². The molecule has 0 atom stereocenters. The van der Waals surface area contributed by atoms with E-state index in [2.05, 4.69) is 15.1 Å². The predicted octanol–water partition coefficient (Wildman–Crippen LogP) is 1.04. The van der Waals surface area contributed by atoms with Gasteiger partial charge < -0.3 is 0 Å². The van der Waals surface area contributed by atoms with Crippen molar-refractivity contribution in [1.29, 1.82) is 0 Å². The Morgan fingerprint density at radius 1 is 1.44 bits per heavy atom. The average molecular weight is 216 g/mol. The van der Waals surface area contributed by atoms with Crippen LogP contribution in [0.1, 0.15) is 12.8 Å². The summed E-state index contributed by atoms with van der Waals surface area (Å²) in [7, 11) is 0. The van der Waals surface area contributed by atoms with Gasteiger partial charge in [0.1, 0.15) is 5.69 Å².